The second-order valence-electron chi connectivity index (χ2n) is 4.31. The van der Waals surface area contributed by atoms with Gasteiger partial charge in [0.1, 0.15) is 5.75 Å². The number of likely N-dealkylation sites (N-methyl/N-ethyl adjacent to an activating group) is 1. The van der Waals surface area contributed by atoms with Gasteiger partial charge in [0.25, 0.3) is 5.91 Å². The topological polar surface area (TPSA) is 49.8 Å². The highest BCUT2D eigenvalue weighted by Gasteiger charge is 2.13. The van der Waals surface area contributed by atoms with Crippen molar-refractivity contribution in [3.05, 3.63) is 28.8 Å². The molecule has 0 saturated heterocycles. The van der Waals surface area contributed by atoms with E-state index in [9.17, 15) is 9.90 Å². The van der Waals surface area contributed by atoms with Crippen molar-refractivity contribution in [1.29, 1.82) is 0 Å². The molecule has 0 aromatic heterocycles. The molecular weight excluding hydrogens is 254 g/mol. The number of ether oxygens (including phenoxy) is 1. The second kappa shape index (κ2) is 6.61. The fourth-order valence-corrected chi connectivity index (χ4v) is 1.57. The van der Waals surface area contributed by atoms with Crippen LogP contribution >= 0.6 is 11.6 Å². The summed E-state index contributed by atoms with van der Waals surface area (Å²) in [6.07, 6.45) is 0.150. The van der Waals surface area contributed by atoms with Crippen LogP contribution in [-0.2, 0) is 4.74 Å². The van der Waals surface area contributed by atoms with Gasteiger partial charge in [-0.1, -0.05) is 11.6 Å². The largest absolute Gasteiger partial charge is 0.506 e. The van der Waals surface area contributed by atoms with Crippen molar-refractivity contribution in [1.82, 2.24) is 4.90 Å². The van der Waals surface area contributed by atoms with Crippen LogP contribution in [0.4, 0.5) is 0 Å². The second-order valence-corrected chi connectivity index (χ2v) is 4.72. The number of halogens is 1. The summed E-state index contributed by atoms with van der Waals surface area (Å²) in [7, 11) is 1.70. The zero-order valence-corrected chi connectivity index (χ0v) is 11.6. The molecule has 1 aromatic carbocycles. The highest BCUT2D eigenvalue weighted by molar-refractivity contribution is 6.32. The molecule has 1 aromatic rings. The van der Waals surface area contributed by atoms with Gasteiger partial charge in [0, 0.05) is 19.2 Å². The van der Waals surface area contributed by atoms with E-state index in [1.165, 1.54) is 12.1 Å². The molecule has 1 amide bonds. The van der Waals surface area contributed by atoms with Gasteiger partial charge in [0.15, 0.2) is 0 Å². The van der Waals surface area contributed by atoms with E-state index >= 15 is 0 Å². The Labute approximate surface area is 112 Å². The van der Waals surface area contributed by atoms with Gasteiger partial charge < -0.3 is 14.7 Å². The molecule has 1 N–H and O–H groups in total. The number of nitrogens with zero attached hydrogens (tertiary/aromatic N) is 1. The van der Waals surface area contributed by atoms with Crippen LogP contribution in [0.15, 0.2) is 18.2 Å². The Bertz CT molecular complexity index is 421. The van der Waals surface area contributed by atoms with Gasteiger partial charge >= 0.3 is 0 Å². The minimum Gasteiger partial charge on any atom is -0.506 e. The number of amides is 1. The molecule has 0 spiro atoms. The molecule has 5 heteroatoms. The van der Waals surface area contributed by atoms with Gasteiger partial charge in [-0.05, 0) is 32.0 Å². The fourth-order valence-electron chi connectivity index (χ4n) is 1.39. The summed E-state index contributed by atoms with van der Waals surface area (Å²) in [5.74, 6) is -0.178. The average Bonchev–Trinajstić information content (AvgIpc) is 2.31. The Morgan fingerprint density at radius 2 is 2.17 bits per heavy atom. The van der Waals surface area contributed by atoms with Crippen molar-refractivity contribution in [3.8, 4) is 5.75 Å². The van der Waals surface area contributed by atoms with Gasteiger partial charge in [-0.2, -0.15) is 0 Å². The van der Waals surface area contributed by atoms with Crippen molar-refractivity contribution < 1.29 is 14.6 Å². The molecule has 0 fully saturated rings. The SMILES string of the molecule is CC(C)OCCN(C)C(=O)c1ccc(O)c(Cl)c1. The number of phenols is 1. The van der Waals surface area contributed by atoms with Crippen LogP contribution in [0.3, 0.4) is 0 Å². The summed E-state index contributed by atoms with van der Waals surface area (Å²) in [5.41, 5.74) is 0.449. The van der Waals surface area contributed by atoms with Gasteiger partial charge in [-0.15, -0.1) is 0 Å². The highest BCUT2D eigenvalue weighted by Crippen LogP contribution is 2.24. The molecule has 100 valence electrons. The van der Waals surface area contributed by atoms with Crippen molar-refractivity contribution in [2.75, 3.05) is 20.2 Å². The van der Waals surface area contributed by atoms with Crippen LogP contribution in [0.25, 0.3) is 0 Å². The third-order valence-corrected chi connectivity index (χ3v) is 2.72. The molecule has 0 aliphatic rings. The summed E-state index contributed by atoms with van der Waals surface area (Å²) >= 11 is 5.76. The van der Waals surface area contributed by atoms with E-state index in [0.29, 0.717) is 18.7 Å². The predicted octanol–water partition coefficient (Wildman–Crippen LogP) is 2.54. The standard InChI is InChI=1S/C13H18ClNO3/c1-9(2)18-7-6-15(3)13(17)10-4-5-12(16)11(14)8-10/h4-5,8-9,16H,6-7H2,1-3H3. The van der Waals surface area contributed by atoms with E-state index in [-0.39, 0.29) is 22.8 Å². The lowest BCUT2D eigenvalue weighted by Gasteiger charge is -2.18. The number of phenolic OH excluding ortho intramolecular Hbond substituents is 1. The van der Waals surface area contributed by atoms with E-state index in [1.807, 2.05) is 13.8 Å². The molecule has 0 unspecified atom stereocenters. The lowest BCUT2D eigenvalue weighted by atomic mass is 10.2. The van der Waals surface area contributed by atoms with Crippen LogP contribution in [0.2, 0.25) is 5.02 Å². The third kappa shape index (κ3) is 4.20. The van der Waals surface area contributed by atoms with Crippen molar-refractivity contribution in [2.45, 2.75) is 20.0 Å². The third-order valence-electron chi connectivity index (χ3n) is 2.42. The average molecular weight is 272 g/mol. The van der Waals surface area contributed by atoms with Crippen molar-refractivity contribution in [3.63, 3.8) is 0 Å². The first-order valence-corrected chi connectivity index (χ1v) is 6.15. The Kier molecular flexibility index (Phi) is 5.44. The summed E-state index contributed by atoms with van der Waals surface area (Å²) in [6, 6.07) is 4.41. The van der Waals surface area contributed by atoms with Gasteiger partial charge in [0.05, 0.1) is 17.7 Å². The smallest absolute Gasteiger partial charge is 0.253 e. The van der Waals surface area contributed by atoms with E-state index in [4.69, 9.17) is 16.3 Å². The summed E-state index contributed by atoms with van der Waals surface area (Å²) in [5, 5.41) is 9.46. The number of rotatable bonds is 5. The minimum absolute atomic E-state index is 0.0287. The zero-order chi connectivity index (χ0) is 13.7. The van der Waals surface area contributed by atoms with E-state index in [2.05, 4.69) is 0 Å². The number of carbonyl (C=O) groups excluding carboxylic acids is 1. The fraction of sp³-hybridized carbons (Fsp3) is 0.462. The molecule has 4 nitrogen and oxygen atoms in total. The number of hydrogen-bond acceptors (Lipinski definition) is 3. The molecule has 0 atom stereocenters. The normalized spacial score (nSPS) is 10.7. The van der Waals surface area contributed by atoms with E-state index in [0.717, 1.165) is 0 Å². The molecule has 0 aliphatic carbocycles. The molecule has 0 heterocycles. The zero-order valence-electron chi connectivity index (χ0n) is 10.8. The summed E-state index contributed by atoms with van der Waals surface area (Å²) < 4.78 is 5.38. The van der Waals surface area contributed by atoms with Crippen molar-refractivity contribution in [2.24, 2.45) is 0 Å². The monoisotopic (exact) mass is 271 g/mol. The molecule has 0 bridgehead atoms. The first-order valence-electron chi connectivity index (χ1n) is 5.77. The first-order chi connectivity index (χ1) is 8.41. The Hall–Kier alpha value is -1.26. The number of benzene rings is 1. The lowest BCUT2D eigenvalue weighted by Crippen LogP contribution is -2.30. The van der Waals surface area contributed by atoms with Crippen LogP contribution in [0.1, 0.15) is 24.2 Å². The minimum atomic E-state index is -0.149. The van der Waals surface area contributed by atoms with E-state index in [1.54, 1.807) is 18.0 Å². The molecular formula is C13H18ClNO3. The Balaban J connectivity index is 2.60. The summed E-state index contributed by atoms with van der Waals surface area (Å²) in [4.78, 5) is 13.6. The maximum Gasteiger partial charge on any atom is 0.253 e. The Morgan fingerprint density at radius 1 is 1.50 bits per heavy atom. The summed E-state index contributed by atoms with van der Waals surface area (Å²) in [6.45, 7) is 4.89. The maximum absolute atomic E-state index is 12.0. The van der Waals surface area contributed by atoms with E-state index < -0.39 is 0 Å². The predicted molar refractivity (Wildman–Crippen MR) is 71.2 cm³/mol. The van der Waals surface area contributed by atoms with Crippen LogP contribution in [0.5, 0.6) is 5.75 Å². The molecule has 0 radical (unpaired) electrons. The van der Waals surface area contributed by atoms with Crippen molar-refractivity contribution >= 4 is 17.5 Å². The maximum atomic E-state index is 12.0. The van der Waals surface area contributed by atoms with Crippen LogP contribution < -0.4 is 0 Å². The van der Waals surface area contributed by atoms with Crippen LogP contribution in [-0.4, -0.2) is 42.2 Å². The Morgan fingerprint density at radius 3 is 2.72 bits per heavy atom. The molecule has 0 saturated carbocycles. The molecule has 0 aliphatic heterocycles. The first kappa shape index (κ1) is 14.8. The van der Waals surface area contributed by atoms with Crippen LogP contribution in [0, 0.1) is 0 Å². The quantitative estimate of drug-likeness (QED) is 0.895. The number of aromatic hydroxyl groups is 1. The molecule has 1 rings (SSSR count). The van der Waals surface area contributed by atoms with Gasteiger partial charge in [0.2, 0.25) is 0 Å². The lowest BCUT2D eigenvalue weighted by molar-refractivity contribution is 0.0532. The molecule has 18 heavy (non-hydrogen) atoms. The number of carbonyl (C=O) groups is 1. The number of hydrogen-bond donors (Lipinski definition) is 1. The van der Waals surface area contributed by atoms with Gasteiger partial charge in [-0.3, -0.25) is 4.79 Å². The highest BCUT2D eigenvalue weighted by atomic mass is 35.5. The van der Waals surface area contributed by atoms with Gasteiger partial charge in [-0.25, -0.2) is 0 Å².